The van der Waals surface area contributed by atoms with Gasteiger partial charge in [0, 0.05) is 99.3 Å². The van der Waals surface area contributed by atoms with Gasteiger partial charge in [-0.25, -0.2) is 4.79 Å². The van der Waals surface area contributed by atoms with Crippen molar-refractivity contribution < 1.29 is 19.4 Å². The Bertz CT molecular complexity index is 1930. The average molecular weight is 712 g/mol. The van der Waals surface area contributed by atoms with Crippen molar-refractivity contribution in [2.45, 2.75) is 43.9 Å². The number of hydrogen-bond acceptors (Lipinski definition) is 7. The van der Waals surface area contributed by atoms with E-state index in [0.717, 1.165) is 49.1 Å². The number of amides is 3. The van der Waals surface area contributed by atoms with Crippen molar-refractivity contribution in [1.82, 2.24) is 10.2 Å². The number of anilines is 3. The lowest BCUT2D eigenvalue weighted by molar-refractivity contribution is -0.120. The Morgan fingerprint density at radius 3 is 2.09 bits per heavy atom. The van der Waals surface area contributed by atoms with Crippen LogP contribution in [0.4, 0.5) is 21.9 Å². The quantitative estimate of drug-likeness (QED) is 0.214. The minimum absolute atomic E-state index is 0.158. The Balaban J connectivity index is 0.757. The molecule has 3 amide bonds. The molecule has 9 rings (SSSR count). The number of nitrogens with zero attached hydrogens (tertiary/aromatic N) is 4. The average Bonchev–Trinajstić information content (AvgIpc) is 3.18. The van der Waals surface area contributed by atoms with Gasteiger partial charge >= 0.3 is 6.03 Å². The molecule has 0 aromatic heterocycles. The first kappa shape index (κ1) is 33.8. The number of phenolic OH excluding ortho intramolecular Hbond substituents is 1. The zero-order valence-corrected chi connectivity index (χ0v) is 30.3. The van der Waals surface area contributed by atoms with Crippen molar-refractivity contribution in [3.63, 3.8) is 0 Å². The first-order valence-electron chi connectivity index (χ1n) is 19.4. The lowest BCUT2D eigenvalue weighted by atomic mass is 9.71. The highest BCUT2D eigenvalue weighted by Gasteiger charge is 2.45. The molecule has 4 saturated heterocycles. The summed E-state index contributed by atoms with van der Waals surface area (Å²) in [5.74, 6) is 1.91. The van der Waals surface area contributed by atoms with Gasteiger partial charge in [-0.2, -0.15) is 0 Å². The highest BCUT2D eigenvalue weighted by Crippen LogP contribution is 2.48. The third-order valence-corrected chi connectivity index (χ3v) is 12.7. The second-order valence-corrected chi connectivity index (χ2v) is 16.0. The van der Waals surface area contributed by atoms with Crippen molar-refractivity contribution >= 4 is 29.0 Å². The number of fused-ring (bicyclic) bond motifs is 1. The van der Waals surface area contributed by atoms with Crippen molar-refractivity contribution in [3.05, 3.63) is 114 Å². The molecule has 9 heteroatoms. The second kappa shape index (κ2) is 14.1. The van der Waals surface area contributed by atoms with Crippen LogP contribution in [0.25, 0.3) is 0 Å². The first-order chi connectivity index (χ1) is 25.9. The second-order valence-electron chi connectivity index (χ2n) is 16.0. The third-order valence-electron chi connectivity index (χ3n) is 12.7. The number of rotatable bonds is 7. The standard InChI is InChI=1S/C44H49N5O4/c50-37-14-15-38-40(26-37)53-28-39(32-4-2-1-3-5-32)42(38)33-6-8-34(9-7-33)48-24-19-44(20-25-48)29-46(30-44)27-31-16-21-47(22-17-31)35-10-12-36(13-11-35)49-23-18-41(51)45-43(49)52/h1-15,26,31,39,42,50H,16-25,27-30H2,(H,45,51,52). The lowest BCUT2D eigenvalue weighted by Crippen LogP contribution is -2.61. The minimum atomic E-state index is -0.335. The number of imide groups is 1. The third kappa shape index (κ3) is 6.83. The number of nitrogens with one attached hydrogen (secondary N) is 1. The zero-order chi connectivity index (χ0) is 35.9. The molecule has 5 heterocycles. The molecule has 4 fully saturated rings. The molecule has 2 atom stereocenters. The van der Waals surface area contributed by atoms with E-state index in [4.69, 9.17) is 4.74 Å². The molecule has 2 N–H and O–H groups in total. The summed E-state index contributed by atoms with van der Waals surface area (Å²) in [4.78, 5) is 33.1. The maximum atomic E-state index is 12.2. The van der Waals surface area contributed by atoms with Crippen molar-refractivity contribution in [2.75, 3.05) is 73.7 Å². The van der Waals surface area contributed by atoms with Crippen molar-refractivity contribution in [3.8, 4) is 11.5 Å². The summed E-state index contributed by atoms with van der Waals surface area (Å²) in [5, 5.41) is 12.5. The number of benzene rings is 4. The SMILES string of the molecule is O=C1CCN(c2ccc(N3CCC(CN4CC5(CCN(c6ccc(C7c8ccc(O)cc8OCC7c7ccccc7)cc6)CC5)C4)CC3)cc2)C(=O)N1. The Labute approximate surface area is 312 Å². The Morgan fingerprint density at radius 2 is 1.40 bits per heavy atom. The number of carbonyl (C=O) groups is 2. The highest BCUT2D eigenvalue weighted by atomic mass is 16.5. The van der Waals surface area contributed by atoms with E-state index in [9.17, 15) is 14.7 Å². The van der Waals surface area contributed by atoms with Gasteiger partial charge in [-0.1, -0.05) is 48.5 Å². The highest BCUT2D eigenvalue weighted by molar-refractivity contribution is 6.05. The molecule has 0 radical (unpaired) electrons. The van der Waals surface area contributed by atoms with Crippen LogP contribution >= 0.6 is 0 Å². The van der Waals surface area contributed by atoms with Gasteiger partial charge in [0.25, 0.3) is 0 Å². The molecule has 5 aliphatic heterocycles. The fourth-order valence-electron chi connectivity index (χ4n) is 9.67. The van der Waals surface area contributed by atoms with Gasteiger partial charge in [0.05, 0.1) is 6.61 Å². The molecule has 4 aromatic rings. The van der Waals surface area contributed by atoms with Crippen LogP contribution < -0.4 is 24.8 Å². The molecule has 4 aromatic carbocycles. The number of ether oxygens (including phenoxy) is 1. The Kier molecular flexibility index (Phi) is 8.98. The van der Waals surface area contributed by atoms with E-state index in [1.165, 1.54) is 67.8 Å². The summed E-state index contributed by atoms with van der Waals surface area (Å²) in [5.41, 5.74) is 7.51. The Hall–Kier alpha value is -5.02. The van der Waals surface area contributed by atoms with E-state index >= 15 is 0 Å². The number of phenols is 1. The predicted molar refractivity (Wildman–Crippen MR) is 208 cm³/mol. The van der Waals surface area contributed by atoms with Gasteiger partial charge in [-0.3, -0.25) is 15.0 Å². The molecule has 5 aliphatic rings. The van der Waals surface area contributed by atoms with Crippen molar-refractivity contribution in [1.29, 1.82) is 0 Å². The first-order valence-corrected chi connectivity index (χ1v) is 19.4. The van der Waals surface area contributed by atoms with Crippen LogP contribution in [0.2, 0.25) is 0 Å². The molecule has 0 bridgehead atoms. The lowest BCUT2D eigenvalue weighted by Gasteiger charge is -2.55. The van der Waals surface area contributed by atoms with Gasteiger partial charge < -0.3 is 24.5 Å². The molecule has 1 spiro atoms. The van der Waals surface area contributed by atoms with Gasteiger partial charge in [-0.15, -0.1) is 0 Å². The van der Waals surface area contributed by atoms with E-state index in [2.05, 4.69) is 86.7 Å². The molecular formula is C44H49N5O4. The zero-order valence-electron chi connectivity index (χ0n) is 30.3. The summed E-state index contributed by atoms with van der Waals surface area (Å²) in [7, 11) is 0. The maximum Gasteiger partial charge on any atom is 0.328 e. The van der Waals surface area contributed by atoms with Crippen LogP contribution in [-0.4, -0.2) is 80.9 Å². The normalized spacial score (nSPS) is 23.3. The monoisotopic (exact) mass is 711 g/mol. The van der Waals surface area contributed by atoms with Gasteiger partial charge in [0.15, 0.2) is 0 Å². The summed E-state index contributed by atoms with van der Waals surface area (Å²) in [6, 6.07) is 33.4. The number of piperidine rings is 2. The van der Waals surface area contributed by atoms with E-state index in [-0.39, 0.29) is 29.5 Å². The summed E-state index contributed by atoms with van der Waals surface area (Å²) in [6.07, 6.45) is 5.26. The number of aromatic hydroxyl groups is 1. The fourth-order valence-corrected chi connectivity index (χ4v) is 9.67. The molecule has 0 saturated carbocycles. The summed E-state index contributed by atoms with van der Waals surface area (Å²) >= 11 is 0. The maximum absolute atomic E-state index is 12.2. The molecule has 2 unspecified atom stereocenters. The Morgan fingerprint density at radius 1 is 0.736 bits per heavy atom. The van der Waals surface area contributed by atoms with Gasteiger partial charge in [-0.05, 0) is 90.6 Å². The smallest absolute Gasteiger partial charge is 0.328 e. The summed E-state index contributed by atoms with van der Waals surface area (Å²) < 4.78 is 6.18. The van der Waals surface area contributed by atoms with Gasteiger partial charge in [0.1, 0.15) is 11.5 Å². The number of hydrogen-bond donors (Lipinski definition) is 2. The van der Waals surface area contributed by atoms with E-state index in [0.29, 0.717) is 25.0 Å². The van der Waals surface area contributed by atoms with E-state index < -0.39 is 0 Å². The van der Waals surface area contributed by atoms with Crippen LogP contribution in [0, 0.1) is 11.3 Å². The molecule has 274 valence electrons. The fraction of sp³-hybridized carbons (Fsp3) is 0.409. The molecule has 0 aliphatic carbocycles. The van der Waals surface area contributed by atoms with Gasteiger partial charge in [0.2, 0.25) is 5.91 Å². The molecule has 9 nitrogen and oxygen atoms in total. The van der Waals surface area contributed by atoms with Crippen molar-refractivity contribution in [2.24, 2.45) is 11.3 Å². The summed E-state index contributed by atoms with van der Waals surface area (Å²) in [6.45, 7) is 9.03. The van der Waals surface area contributed by atoms with Crippen LogP contribution in [0.3, 0.4) is 0 Å². The largest absolute Gasteiger partial charge is 0.508 e. The van der Waals surface area contributed by atoms with E-state index in [1.807, 2.05) is 18.2 Å². The van der Waals surface area contributed by atoms with Crippen LogP contribution in [-0.2, 0) is 4.79 Å². The van der Waals surface area contributed by atoms with Crippen LogP contribution in [0.1, 0.15) is 60.6 Å². The molecular weight excluding hydrogens is 663 g/mol. The number of likely N-dealkylation sites (tertiary alicyclic amines) is 1. The van der Waals surface area contributed by atoms with Crippen LogP contribution in [0.5, 0.6) is 11.5 Å². The number of urea groups is 1. The predicted octanol–water partition coefficient (Wildman–Crippen LogP) is 6.97. The van der Waals surface area contributed by atoms with E-state index in [1.54, 1.807) is 17.0 Å². The van der Waals surface area contributed by atoms with Crippen LogP contribution in [0.15, 0.2) is 97.1 Å². The molecule has 53 heavy (non-hydrogen) atoms. The topological polar surface area (TPSA) is 88.6 Å². The minimum Gasteiger partial charge on any atom is -0.508 e. The number of carbonyl (C=O) groups excluding carboxylic acids is 2.